The molecule has 0 spiro atoms. The monoisotopic (exact) mass is 300 g/mol. The Kier molecular flexibility index (Phi) is 4.75. The highest BCUT2D eigenvalue weighted by Crippen LogP contribution is 2.28. The topological polar surface area (TPSA) is 79.7 Å². The van der Waals surface area contributed by atoms with Crippen LogP contribution in [0.1, 0.15) is 50.0 Å². The second-order valence-electron chi connectivity index (χ2n) is 5.66. The van der Waals surface area contributed by atoms with Gasteiger partial charge in [0.1, 0.15) is 10.5 Å². The van der Waals surface area contributed by atoms with E-state index in [1.807, 2.05) is 13.8 Å². The second kappa shape index (κ2) is 5.78. The van der Waals surface area contributed by atoms with Gasteiger partial charge in [0.25, 0.3) is 0 Å². The number of rotatable bonds is 3. The van der Waals surface area contributed by atoms with Crippen molar-refractivity contribution in [2.45, 2.75) is 53.2 Å². The third-order valence-electron chi connectivity index (χ3n) is 2.29. The number of aryl methyl sites for hydroxylation is 1. The number of ether oxygens (including phenoxy) is 1. The van der Waals surface area contributed by atoms with Gasteiger partial charge in [0, 0.05) is 6.04 Å². The zero-order chi connectivity index (χ0) is 15.7. The zero-order valence-corrected chi connectivity index (χ0v) is 13.4. The molecule has 0 aliphatic carbocycles. The second-order valence-corrected chi connectivity index (χ2v) is 6.64. The molecule has 1 amide bonds. The fourth-order valence-electron chi connectivity index (χ4n) is 1.50. The molecular weight excluding hydrogens is 280 g/mol. The van der Waals surface area contributed by atoms with Crippen LogP contribution in [0.5, 0.6) is 0 Å². The van der Waals surface area contributed by atoms with Gasteiger partial charge in [-0.05, 0) is 41.5 Å². The van der Waals surface area contributed by atoms with E-state index in [2.05, 4.69) is 4.98 Å². The SMILES string of the molecule is Cc1nc(N(C(=O)OC(C)(C)C)C(C)C)sc1C(=O)O. The van der Waals surface area contributed by atoms with E-state index >= 15 is 0 Å². The third kappa shape index (κ3) is 3.93. The molecule has 0 saturated carbocycles. The van der Waals surface area contributed by atoms with Gasteiger partial charge in [0.05, 0.1) is 5.69 Å². The van der Waals surface area contributed by atoms with Crippen molar-refractivity contribution in [2.75, 3.05) is 4.90 Å². The number of carbonyl (C=O) groups excluding carboxylic acids is 1. The Morgan fingerprint density at radius 2 is 1.90 bits per heavy atom. The molecule has 0 atom stereocenters. The van der Waals surface area contributed by atoms with E-state index in [9.17, 15) is 9.59 Å². The number of hydrogen-bond acceptors (Lipinski definition) is 5. The van der Waals surface area contributed by atoms with Crippen LogP contribution in [-0.2, 0) is 4.74 Å². The first-order chi connectivity index (χ1) is 9.03. The fraction of sp³-hybridized carbons (Fsp3) is 0.615. The predicted octanol–water partition coefficient (Wildman–Crippen LogP) is 3.30. The number of carboxylic acid groups (broad SMARTS) is 1. The number of carboxylic acids is 1. The number of aromatic nitrogens is 1. The van der Waals surface area contributed by atoms with Crippen LogP contribution < -0.4 is 4.90 Å². The van der Waals surface area contributed by atoms with E-state index in [4.69, 9.17) is 9.84 Å². The van der Waals surface area contributed by atoms with Gasteiger partial charge in [0.2, 0.25) is 0 Å². The summed E-state index contributed by atoms with van der Waals surface area (Å²) in [6, 6.07) is -0.183. The maximum atomic E-state index is 12.2. The molecule has 6 nitrogen and oxygen atoms in total. The molecule has 0 aromatic carbocycles. The number of amides is 1. The summed E-state index contributed by atoms with van der Waals surface area (Å²) in [7, 11) is 0. The van der Waals surface area contributed by atoms with Crippen LogP contribution in [0.3, 0.4) is 0 Å². The number of hydrogen-bond donors (Lipinski definition) is 1. The number of aromatic carboxylic acids is 1. The molecule has 1 aromatic heterocycles. The Labute approximate surface area is 122 Å². The normalized spacial score (nSPS) is 11.6. The first-order valence-corrected chi connectivity index (χ1v) is 7.07. The lowest BCUT2D eigenvalue weighted by Crippen LogP contribution is -2.41. The lowest BCUT2D eigenvalue weighted by atomic mass is 10.2. The Bertz CT molecular complexity index is 517. The van der Waals surface area contributed by atoms with Gasteiger partial charge in [-0.3, -0.25) is 4.90 Å². The summed E-state index contributed by atoms with van der Waals surface area (Å²) in [5.41, 5.74) is -0.224. The Hall–Kier alpha value is -1.63. The third-order valence-corrected chi connectivity index (χ3v) is 3.44. The maximum Gasteiger partial charge on any atom is 0.416 e. The van der Waals surface area contributed by atoms with E-state index in [1.165, 1.54) is 4.90 Å². The molecule has 0 radical (unpaired) electrons. The van der Waals surface area contributed by atoms with Crippen LogP contribution in [0.2, 0.25) is 0 Å². The molecule has 0 aliphatic heterocycles. The molecule has 1 rings (SSSR count). The molecule has 0 fully saturated rings. The average molecular weight is 300 g/mol. The number of nitrogens with zero attached hydrogens (tertiary/aromatic N) is 2. The summed E-state index contributed by atoms with van der Waals surface area (Å²) in [5.74, 6) is -1.04. The fourth-order valence-corrected chi connectivity index (χ4v) is 2.53. The molecular formula is C13H20N2O4S. The van der Waals surface area contributed by atoms with Crippen molar-refractivity contribution >= 4 is 28.5 Å². The van der Waals surface area contributed by atoms with Crippen LogP contribution in [0.15, 0.2) is 0 Å². The molecule has 0 aliphatic rings. The molecule has 0 saturated heterocycles. The minimum absolute atomic E-state index is 0.134. The highest BCUT2D eigenvalue weighted by atomic mass is 32.1. The van der Waals surface area contributed by atoms with Gasteiger partial charge >= 0.3 is 12.1 Å². The summed E-state index contributed by atoms with van der Waals surface area (Å²) in [6.07, 6.45) is -0.529. The molecule has 1 heterocycles. The van der Waals surface area contributed by atoms with E-state index in [0.717, 1.165) is 11.3 Å². The van der Waals surface area contributed by atoms with Crippen molar-refractivity contribution in [3.8, 4) is 0 Å². The molecule has 1 aromatic rings. The number of thiazole rings is 1. The van der Waals surface area contributed by atoms with E-state index < -0.39 is 17.7 Å². The molecule has 112 valence electrons. The van der Waals surface area contributed by atoms with Crippen molar-refractivity contribution in [3.63, 3.8) is 0 Å². The summed E-state index contributed by atoms with van der Waals surface area (Å²) in [5, 5.41) is 9.40. The van der Waals surface area contributed by atoms with E-state index in [0.29, 0.717) is 10.8 Å². The van der Waals surface area contributed by atoms with Crippen LogP contribution in [-0.4, -0.2) is 33.8 Å². The predicted molar refractivity (Wildman–Crippen MR) is 77.7 cm³/mol. The van der Waals surface area contributed by atoms with Gasteiger partial charge in [-0.25, -0.2) is 14.6 Å². The minimum Gasteiger partial charge on any atom is -0.477 e. The Balaban J connectivity index is 3.12. The van der Waals surface area contributed by atoms with Gasteiger partial charge in [-0.2, -0.15) is 0 Å². The average Bonchev–Trinajstić information content (AvgIpc) is 2.56. The summed E-state index contributed by atoms with van der Waals surface area (Å²) in [4.78, 5) is 28.9. The zero-order valence-electron chi connectivity index (χ0n) is 12.6. The van der Waals surface area contributed by atoms with Crippen molar-refractivity contribution in [1.29, 1.82) is 0 Å². The quantitative estimate of drug-likeness (QED) is 0.926. The smallest absolute Gasteiger partial charge is 0.416 e. The number of anilines is 1. The van der Waals surface area contributed by atoms with E-state index in [1.54, 1.807) is 27.7 Å². The molecule has 0 bridgehead atoms. The minimum atomic E-state index is -1.04. The lowest BCUT2D eigenvalue weighted by Gasteiger charge is -2.28. The van der Waals surface area contributed by atoms with Gasteiger partial charge < -0.3 is 9.84 Å². The van der Waals surface area contributed by atoms with Crippen LogP contribution in [0.4, 0.5) is 9.93 Å². The molecule has 7 heteroatoms. The summed E-state index contributed by atoms with van der Waals surface area (Å²) < 4.78 is 5.33. The van der Waals surface area contributed by atoms with Crippen LogP contribution in [0, 0.1) is 6.92 Å². The molecule has 0 unspecified atom stereocenters. The Morgan fingerprint density at radius 1 is 1.35 bits per heavy atom. The number of carbonyl (C=O) groups is 2. The van der Waals surface area contributed by atoms with Crippen molar-refractivity contribution in [1.82, 2.24) is 4.98 Å². The maximum absolute atomic E-state index is 12.2. The summed E-state index contributed by atoms with van der Waals surface area (Å²) in [6.45, 7) is 10.6. The summed E-state index contributed by atoms with van der Waals surface area (Å²) >= 11 is 0.973. The molecule has 20 heavy (non-hydrogen) atoms. The standard InChI is InChI=1S/C13H20N2O4S/c1-7(2)15(12(18)19-13(4,5)6)11-14-8(3)9(20-11)10(16)17/h7H,1-6H3,(H,16,17). The van der Waals surface area contributed by atoms with E-state index in [-0.39, 0.29) is 10.9 Å². The van der Waals surface area contributed by atoms with Crippen LogP contribution >= 0.6 is 11.3 Å². The van der Waals surface area contributed by atoms with Crippen molar-refractivity contribution in [3.05, 3.63) is 10.6 Å². The first-order valence-electron chi connectivity index (χ1n) is 6.26. The van der Waals surface area contributed by atoms with Gasteiger partial charge in [0.15, 0.2) is 5.13 Å². The largest absolute Gasteiger partial charge is 0.477 e. The highest BCUT2D eigenvalue weighted by molar-refractivity contribution is 7.17. The van der Waals surface area contributed by atoms with Crippen molar-refractivity contribution in [2.24, 2.45) is 0 Å². The first kappa shape index (κ1) is 16.4. The van der Waals surface area contributed by atoms with Gasteiger partial charge in [-0.15, -0.1) is 0 Å². The van der Waals surface area contributed by atoms with Crippen molar-refractivity contribution < 1.29 is 19.4 Å². The van der Waals surface area contributed by atoms with Gasteiger partial charge in [-0.1, -0.05) is 11.3 Å². The highest BCUT2D eigenvalue weighted by Gasteiger charge is 2.29. The van der Waals surface area contributed by atoms with Crippen LogP contribution in [0.25, 0.3) is 0 Å². The Morgan fingerprint density at radius 3 is 2.25 bits per heavy atom. The molecule has 1 N–H and O–H groups in total. The lowest BCUT2D eigenvalue weighted by molar-refractivity contribution is 0.0569.